The van der Waals surface area contributed by atoms with E-state index in [4.69, 9.17) is 11.2 Å². The van der Waals surface area contributed by atoms with Gasteiger partial charge in [0.2, 0.25) is 0 Å². The zero-order valence-electron chi connectivity index (χ0n) is 11.3. The van der Waals surface area contributed by atoms with E-state index in [1.54, 1.807) is 6.07 Å². The minimum Gasteiger partial charge on any atom is -0.444 e. The van der Waals surface area contributed by atoms with Gasteiger partial charge >= 0.3 is 6.09 Å². The second-order valence-corrected chi connectivity index (χ2v) is 4.31. The molecule has 0 saturated heterocycles. The first-order chi connectivity index (χ1) is 10.2. The summed E-state index contributed by atoms with van der Waals surface area (Å²) in [6.07, 6.45) is 4.65. The molecule has 0 saturated carbocycles. The molecule has 0 radical (unpaired) electrons. The van der Waals surface area contributed by atoms with Crippen LogP contribution in [0.4, 0.5) is 14.9 Å². The van der Waals surface area contributed by atoms with E-state index in [0.717, 1.165) is 5.56 Å². The lowest BCUT2D eigenvalue weighted by molar-refractivity contribution is 0.148. The van der Waals surface area contributed by atoms with Gasteiger partial charge in [-0.1, -0.05) is 42.3 Å². The standard InChI is InChI=1S/C17H14FNO2/c1-2-11-19(16-10-6-9-15(18)12-16)17(20)21-13-14-7-4-3-5-8-14/h1,3-10,12H,11,13H2. The van der Waals surface area contributed by atoms with Crippen molar-refractivity contribution in [1.82, 2.24) is 0 Å². The number of hydrogen-bond donors (Lipinski definition) is 0. The van der Waals surface area contributed by atoms with E-state index in [9.17, 15) is 9.18 Å². The second-order valence-electron chi connectivity index (χ2n) is 4.31. The third-order valence-electron chi connectivity index (χ3n) is 2.79. The van der Waals surface area contributed by atoms with Gasteiger partial charge in [0.15, 0.2) is 0 Å². The molecule has 21 heavy (non-hydrogen) atoms. The molecule has 0 aromatic heterocycles. The van der Waals surface area contributed by atoms with Gasteiger partial charge in [-0.3, -0.25) is 4.90 Å². The Morgan fingerprint density at radius 3 is 2.62 bits per heavy atom. The Labute approximate surface area is 123 Å². The van der Waals surface area contributed by atoms with Crippen LogP contribution >= 0.6 is 0 Å². The summed E-state index contributed by atoms with van der Waals surface area (Å²) < 4.78 is 18.5. The summed E-state index contributed by atoms with van der Waals surface area (Å²) in [5, 5.41) is 0. The molecule has 0 spiro atoms. The first-order valence-electron chi connectivity index (χ1n) is 6.38. The van der Waals surface area contributed by atoms with Gasteiger partial charge in [0, 0.05) is 0 Å². The fourth-order valence-electron chi connectivity index (χ4n) is 1.79. The summed E-state index contributed by atoms with van der Waals surface area (Å²) >= 11 is 0. The summed E-state index contributed by atoms with van der Waals surface area (Å²) in [6, 6.07) is 14.9. The smallest absolute Gasteiger partial charge is 0.415 e. The van der Waals surface area contributed by atoms with Gasteiger partial charge in [-0.25, -0.2) is 9.18 Å². The Bertz CT molecular complexity index is 649. The van der Waals surface area contributed by atoms with Gasteiger partial charge in [-0.15, -0.1) is 6.42 Å². The SMILES string of the molecule is C#CCN(C(=O)OCc1ccccc1)c1cccc(F)c1. The van der Waals surface area contributed by atoms with Crippen molar-refractivity contribution in [2.75, 3.05) is 11.4 Å². The second kappa shape index (κ2) is 7.11. The summed E-state index contributed by atoms with van der Waals surface area (Å²) in [4.78, 5) is 13.3. The molecule has 0 bridgehead atoms. The first kappa shape index (κ1) is 14.6. The maximum Gasteiger partial charge on any atom is 0.415 e. The van der Waals surface area contributed by atoms with Crippen LogP contribution in [-0.2, 0) is 11.3 Å². The maximum atomic E-state index is 13.3. The molecule has 1 amide bonds. The lowest BCUT2D eigenvalue weighted by Gasteiger charge is -2.20. The quantitative estimate of drug-likeness (QED) is 0.802. The summed E-state index contributed by atoms with van der Waals surface area (Å²) in [5.41, 5.74) is 1.23. The Kier molecular flexibility index (Phi) is 4.94. The van der Waals surface area contributed by atoms with Crippen LogP contribution in [0.15, 0.2) is 54.6 Å². The van der Waals surface area contributed by atoms with Crippen LogP contribution in [0, 0.1) is 18.2 Å². The molecule has 0 unspecified atom stereocenters. The molecule has 2 aromatic rings. The third kappa shape index (κ3) is 4.08. The fourth-order valence-corrected chi connectivity index (χ4v) is 1.79. The van der Waals surface area contributed by atoms with Crippen LogP contribution in [0.2, 0.25) is 0 Å². The van der Waals surface area contributed by atoms with Crippen LogP contribution in [0.5, 0.6) is 0 Å². The average Bonchev–Trinajstić information content (AvgIpc) is 2.51. The van der Waals surface area contributed by atoms with Gasteiger partial charge in [0.1, 0.15) is 12.4 Å². The minimum atomic E-state index is -0.609. The van der Waals surface area contributed by atoms with Crippen LogP contribution < -0.4 is 4.90 Å². The van der Waals surface area contributed by atoms with Crippen molar-refractivity contribution in [3.05, 3.63) is 66.0 Å². The molecule has 0 aliphatic heterocycles. The Hall–Kier alpha value is -2.80. The number of halogens is 1. The predicted octanol–water partition coefficient (Wildman–Crippen LogP) is 3.60. The summed E-state index contributed by atoms with van der Waals surface area (Å²) in [5.74, 6) is 1.93. The number of carbonyl (C=O) groups is 1. The van der Waals surface area contributed by atoms with Gasteiger partial charge in [0.05, 0.1) is 12.2 Å². The molecule has 0 fully saturated rings. The number of ether oxygens (including phenoxy) is 1. The zero-order chi connectivity index (χ0) is 15.1. The molecule has 0 aliphatic carbocycles. The van der Waals surface area contributed by atoms with Crippen molar-refractivity contribution in [3.63, 3.8) is 0 Å². The molecule has 2 aromatic carbocycles. The molecular weight excluding hydrogens is 269 g/mol. The van der Waals surface area contributed by atoms with Crippen molar-refractivity contribution in [1.29, 1.82) is 0 Å². The molecule has 2 rings (SSSR count). The molecular formula is C17H14FNO2. The number of nitrogens with zero attached hydrogens (tertiary/aromatic N) is 1. The highest BCUT2D eigenvalue weighted by molar-refractivity contribution is 5.88. The van der Waals surface area contributed by atoms with Crippen molar-refractivity contribution in [2.24, 2.45) is 0 Å². The van der Waals surface area contributed by atoms with Crippen LogP contribution in [0.25, 0.3) is 0 Å². The van der Waals surface area contributed by atoms with Crippen LogP contribution in [-0.4, -0.2) is 12.6 Å². The minimum absolute atomic E-state index is 0.0110. The topological polar surface area (TPSA) is 29.5 Å². The van der Waals surface area contributed by atoms with Crippen LogP contribution in [0.1, 0.15) is 5.56 Å². The molecule has 4 heteroatoms. The first-order valence-corrected chi connectivity index (χ1v) is 6.38. The van der Waals surface area contributed by atoms with E-state index < -0.39 is 11.9 Å². The van der Waals surface area contributed by atoms with Gasteiger partial charge in [0.25, 0.3) is 0 Å². The van der Waals surface area contributed by atoms with E-state index in [-0.39, 0.29) is 13.2 Å². The summed E-state index contributed by atoms with van der Waals surface area (Å²) in [7, 11) is 0. The predicted molar refractivity (Wildman–Crippen MR) is 79.2 cm³/mol. The number of hydrogen-bond acceptors (Lipinski definition) is 2. The van der Waals surface area contributed by atoms with Gasteiger partial charge in [-0.05, 0) is 23.8 Å². The molecule has 0 heterocycles. The number of amides is 1. The zero-order valence-corrected chi connectivity index (χ0v) is 11.3. The van der Waals surface area contributed by atoms with E-state index in [1.165, 1.54) is 23.1 Å². The van der Waals surface area contributed by atoms with Crippen LogP contribution in [0.3, 0.4) is 0 Å². The normalized spacial score (nSPS) is 9.71. The Balaban J connectivity index is 2.08. The molecule has 0 aliphatic rings. The Morgan fingerprint density at radius 1 is 1.19 bits per heavy atom. The number of rotatable bonds is 4. The van der Waals surface area contributed by atoms with E-state index in [0.29, 0.717) is 5.69 Å². The van der Waals surface area contributed by atoms with Gasteiger partial charge < -0.3 is 4.74 Å². The lowest BCUT2D eigenvalue weighted by atomic mass is 10.2. The lowest BCUT2D eigenvalue weighted by Crippen LogP contribution is -2.31. The molecule has 3 nitrogen and oxygen atoms in total. The van der Waals surface area contributed by atoms with Crippen molar-refractivity contribution in [3.8, 4) is 12.3 Å². The summed E-state index contributed by atoms with van der Waals surface area (Å²) in [6.45, 7) is 0.146. The van der Waals surface area contributed by atoms with Crippen molar-refractivity contribution >= 4 is 11.8 Å². The van der Waals surface area contributed by atoms with Crippen molar-refractivity contribution in [2.45, 2.75) is 6.61 Å². The third-order valence-corrected chi connectivity index (χ3v) is 2.79. The molecule has 106 valence electrons. The fraction of sp³-hybridized carbons (Fsp3) is 0.118. The number of terminal acetylenes is 1. The number of benzene rings is 2. The highest BCUT2D eigenvalue weighted by Gasteiger charge is 2.16. The molecule has 0 N–H and O–H groups in total. The van der Waals surface area contributed by atoms with Gasteiger partial charge in [-0.2, -0.15) is 0 Å². The molecule has 0 atom stereocenters. The average molecular weight is 283 g/mol. The Morgan fingerprint density at radius 2 is 1.95 bits per heavy atom. The highest BCUT2D eigenvalue weighted by atomic mass is 19.1. The van der Waals surface area contributed by atoms with E-state index in [2.05, 4.69) is 5.92 Å². The largest absolute Gasteiger partial charge is 0.444 e. The van der Waals surface area contributed by atoms with E-state index >= 15 is 0 Å². The van der Waals surface area contributed by atoms with Crippen molar-refractivity contribution < 1.29 is 13.9 Å². The maximum absolute atomic E-state index is 13.3. The number of carbonyl (C=O) groups excluding carboxylic acids is 1. The highest BCUT2D eigenvalue weighted by Crippen LogP contribution is 2.17. The monoisotopic (exact) mass is 283 g/mol. The van der Waals surface area contributed by atoms with E-state index in [1.807, 2.05) is 30.3 Å². The number of anilines is 1.